The number of carbonyl (C=O) groups excluding carboxylic acids is 3. The summed E-state index contributed by atoms with van der Waals surface area (Å²) in [5, 5.41) is 12.0. The molecule has 0 radical (unpaired) electrons. The van der Waals surface area contributed by atoms with Gasteiger partial charge in [-0.3, -0.25) is 18.7 Å². The number of hydrogen-bond acceptors (Lipinski definition) is 8. The number of carboxylic acid groups (broad SMARTS) is 1. The number of imide groups is 1. The van der Waals surface area contributed by atoms with Crippen LogP contribution in [0, 0.1) is 13.8 Å². The molecule has 0 saturated carbocycles. The lowest BCUT2D eigenvalue weighted by Gasteiger charge is -2.35. The van der Waals surface area contributed by atoms with Crippen LogP contribution in [0.4, 0.5) is 16.2 Å². The number of hydrogen-bond donors (Lipinski definition) is 2. The molecule has 2 aliphatic heterocycles. The third kappa shape index (κ3) is 6.85. The van der Waals surface area contributed by atoms with E-state index in [1.807, 2.05) is 32.0 Å². The summed E-state index contributed by atoms with van der Waals surface area (Å²) in [5.41, 5.74) is 2.13. The van der Waals surface area contributed by atoms with Crippen molar-refractivity contribution in [3.8, 4) is 5.75 Å². The van der Waals surface area contributed by atoms with Crippen molar-refractivity contribution in [2.24, 2.45) is 4.99 Å². The van der Waals surface area contributed by atoms with Crippen LogP contribution in [0.25, 0.3) is 0 Å². The van der Waals surface area contributed by atoms with Crippen LogP contribution in [0.5, 0.6) is 5.75 Å². The van der Waals surface area contributed by atoms with Gasteiger partial charge in [0.2, 0.25) is 0 Å². The first-order valence-corrected chi connectivity index (χ1v) is 16.9. The summed E-state index contributed by atoms with van der Waals surface area (Å²) >= 11 is 6.31. The Labute approximate surface area is 282 Å². The molecule has 3 aromatic carbocycles. The highest BCUT2D eigenvalue weighted by atomic mass is 35.5. The van der Waals surface area contributed by atoms with Gasteiger partial charge in [0, 0.05) is 26.4 Å². The van der Waals surface area contributed by atoms with Crippen LogP contribution in [0.3, 0.4) is 0 Å². The second kappa shape index (κ2) is 14.0. The second-order valence-electron chi connectivity index (χ2n) is 11.4. The summed E-state index contributed by atoms with van der Waals surface area (Å²) < 4.78 is 35.2. The van der Waals surface area contributed by atoms with Crippen LogP contribution >= 0.6 is 11.6 Å². The molecule has 2 aliphatic rings. The van der Waals surface area contributed by atoms with Gasteiger partial charge < -0.3 is 20.1 Å². The van der Waals surface area contributed by atoms with Crippen molar-refractivity contribution in [3.05, 3.63) is 82.9 Å². The molecule has 48 heavy (non-hydrogen) atoms. The standard InChI is InChI=1S/C33H34ClN5O8S/c1-20-13-15-26(21(2)19-20)47-18-8-17-38-30(35-24-11-6-7-12-27(24)48(38,45)46)29(31(42)36-23-10-5-4-9-22(23)34)39-32(43)25(14-16-28(40)41)37(3)33(39)44/h4-7,9-13,15,19,25,29H,8,14,16-18H2,1-3H3,(H,36,42)(H,40,41). The van der Waals surface area contributed by atoms with E-state index >= 15 is 0 Å². The van der Waals surface area contributed by atoms with Gasteiger partial charge in [0.1, 0.15) is 16.7 Å². The number of nitrogens with one attached hydrogen (secondary N) is 1. The quantitative estimate of drug-likeness (QED) is 0.205. The summed E-state index contributed by atoms with van der Waals surface area (Å²) in [4.78, 5) is 59.2. The third-order valence-corrected chi connectivity index (χ3v) is 10.2. The Balaban J connectivity index is 1.56. The number of sulfonamides is 1. The predicted octanol–water partition coefficient (Wildman–Crippen LogP) is 4.59. The predicted molar refractivity (Wildman–Crippen MR) is 178 cm³/mol. The number of nitrogens with zero attached hydrogens (tertiary/aromatic N) is 4. The summed E-state index contributed by atoms with van der Waals surface area (Å²) in [6.07, 6.45) is -0.498. The number of rotatable bonds is 12. The zero-order valence-corrected chi connectivity index (χ0v) is 28.0. The van der Waals surface area contributed by atoms with Gasteiger partial charge >= 0.3 is 12.0 Å². The Kier molecular flexibility index (Phi) is 10.1. The molecule has 15 heteroatoms. The summed E-state index contributed by atoms with van der Waals surface area (Å²) in [5.74, 6) is -2.77. The number of aliphatic imine (C=N–C) groups is 1. The highest BCUT2D eigenvalue weighted by Gasteiger charge is 2.53. The van der Waals surface area contributed by atoms with Crippen LogP contribution in [0.1, 0.15) is 30.4 Å². The van der Waals surface area contributed by atoms with Crippen molar-refractivity contribution in [2.75, 3.05) is 25.5 Å². The Hall–Kier alpha value is -4.95. The van der Waals surface area contributed by atoms with E-state index in [1.165, 1.54) is 37.4 Å². The van der Waals surface area contributed by atoms with Crippen molar-refractivity contribution < 1.29 is 37.4 Å². The van der Waals surface area contributed by atoms with Gasteiger partial charge in [-0.25, -0.2) is 23.1 Å². The number of carboxylic acids is 1. The van der Waals surface area contributed by atoms with E-state index in [9.17, 15) is 32.7 Å². The van der Waals surface area contributed by atoms with Crippen molar-refractivity contribution in [2.45, 2.75) is 50.1 Å². The van der Waals surface area contributed by atoms with Gasteiger partial charge in [-0.15, -0.1) is 0 Å². The van der Waals surface area contributed by atoms with Crippen molar-refractivity contribution in [3.63, 3.8) is 0 Å². The maximum absolute atomic E-state index is 14.2. The minimum absolute atomic E-state index is 0.0145. The van der Waals surface area contributed by atoms with E-state index in [0.29, 0.717) is 10.6 Å². The maximum Gasteiger partial charge on any atom is 0.328 e. The van der Waals surface area contributed by atoms with E-state index in [1.54, 1.807) is 18.2 Å². The number of ether oxygens (including phenoxy) is 1. The normalized spacial score (nSPS) is 17.5. The minimum atomic E-state index is -4.36. The molecular formula is C33H34ClN5O8S. The molecule has 2 N–H and O–H groups in total. The number of para-hydroxylation sites is 2. The van der Waals surface area contributed by atoms with E-state index < -0.39 is 58.2 Å². The van der Waals surface area contributed by atoms with E-state index in [-0.39, 0.29) is 47.3 Å². The van der Waals surface area contributed by atoms with Gasteiger partial charge in [0.15, 0.2) is 11.9 Å². The molecule has 2 unspecified atom stereocenters. The van der Waals surface area contributed by atoms with Crippen molar-refractivity contribution in [1.82, 2.24) is 14.1 Å². The first-order valence-electron chi connectivity index (χ1n) is 15.1. The molecule has 0 aliphatic carbocycles. The van der Waals surface area contributed by atoms with E-state index in [2.05, 4.69) is 10.3 Å². The molecule has 1 saturated heterocycles. The van der Waals surface area contributed by atoms with Gasteiger partial charge in [0.05, 0.1) is 23.0 Å². The number of urea groups is 1. The Morgan fingerprint density at radius 3 is 2.48 bits per heavy atom. The molecule has 0 bridgehead atoms. The molecule has 0 spiro atoms. The Morgan fingerprint density at radius 1 is 1.06 bits per heavy atom. The number of aryl methyl sites for hydroxylation is 2. The van der Waals surface area contributed by atoms with E-state index in [4.69, 9.17) is 16.3 Å². The number of likely N-dealkylation sites (N-methyl/N-ethyl adjacent to an activating group) is 1. The smallest absolute Gasteiger partial charge is 0.328 e. The van der Waals surface area contributed by atoms with Gasteiger partial charge in [-0.1, -0.05) is 53.6 Å². The summed E-state index contributed by atoms with van der Waals surface area (Å²) in [6.45, 7) is 3.73. The summed E-state index contributed by atoms with van der Waals surface area (Å²) in [6, 6.07) is 13.9. The lowest BCUT2D eigenvalue weighted by atomic mass is 10.1. The zero-order valence-electron chi connectivity index (χ0n) is 26.4. The Bertz CT molecular complexity index is 1920. The highest BCUT2D eigenvalue weighted by Crippen LogP contribution is 2.35. The number of carbonyl (C=O) groups is 4. The van der Waals surface area contributed by atoms with Crippen LogP contribution < -0.4 is 10.1 Å². The monoisotopic (exact) mass is 695 g/mol. The second-order valence-corrected chi connectivity index (χ2v) is 13.6. The number of amidine groups is 1. The molecule has 4 amide bonds. The molecular weight excluding hydrogens is 662 g/mol. The number of fused-ring (bicyclic) bond motifs is 1. The fraction of sp³-hybridized carbons (Fsp3) is 0.303. The molecule has 2 atom stereocenters. The molecule has 5 rings (SSSR count). The summed E-state index contributed by atoms with van der Waals surface area (Å²) in [7, 11) is -3.05. The van der Waals surface area contributed by atoms with Crippen molar-refractivity contribution >= 4 is 62.6 Å². The minimum Gasteiger partial charge on any atom is -0.493 e. The highest BCUT2D eigenvalue weighted by molar-refractivity contribution is 7.90. The zero-order chi connectivity index (χ0) is 34.7. The van der Waals surface area contributed by atoms with Crippen molar-refractivity contribution in [1.29, 1.82) is 0 Å². The first kappa shape index (κ1) is 34.4. The fourth-order valence-electron chi connectivity index (χ4n) is 5.62. The van der Waals surface area contributed by atoms with Gasteiger partial charge in [0.25, 0.3) is 21.8 Å². The molecule has 3 aromatic rings. The van der Waals surface area contributed by atoms with Crippen LogP contribution in [0.2, 0.25) is 5.02 Å². The maximum atomic E-state index is 14.2. The molecule has 0 aromatic heterocycles. The molecule has 2 heterocycles. The topological polar surface area (TPSA) is 166 Å². The fourth-order valence-corrected chi connectivity index (χ4v) is 7.43. The first-order chi connectivity index (χ1) is 22.8. The third-order valence-electron chi connectivity index (χ3n) is 8.03. The number of aliphatic carboxylic acids is 1. The van der Waals surface area contributed by atoms with Crippen LogP contribution in [-0.4, -0.2) is 89.6 Å². The number of amides is 4. The van der Waals surface area contributed by atoms with Crippen LogP contribution in [0.15, 0.2) is 76.6 Å². The van der Waals surface area contributed by atoms with E-state index in [0.717, 1.165) is 20.3 Å². The largest absolute Gasteiger partial charge is 0.493 e. The SMILES string of the molecule is Cc1ccc(OCCCN2C(C(C(=O)Nc3ccccc3Cl)N3C(=O)C(CCC(=O)O)N(C)C3=O)=Nc3ccccc3S2(=O)=O)c(C)c1. The van der Waals surface area contributed by atoms with Gasteiger partial charge in [-0.05, 0) is 56.2 Å². The average Bonchev–Trinajstić information content (AvgIpc) is 3.24. The lowest BCUT2D eigenvalue weighted by Crippen LogP contribution is -2.58. The molecule has 252 valence electrons. The lowest BCUT2D eigenvalue weighted by molar-refractivity contribution is -0.138. The molecule has 13 nitrogen and oxygen atoms in total. The number of benzene rings is 3. The average molecular weight is 696 g/mol. The Morgan fingerprint density at radius 2 is 1.77 bits per heavy atom. The number of halogens is 1. The van der Waals surface area contributed by atoms with Crippen LogP contribution in [-0.2, 0) is 24.4 Å². The number of anilines is 1. The van der Waals surface area contributed by atoms with Gasteiger partial charge in [-0.2, -0.15) is 0 Å². The molecule has 1 fully saturated rings.